The number of benzene rings is 1. The predicted octanol–water partition coefficient (Wildman–Crippen LogP) is 3.98. The van der Waals surface area contributed by atoms with Gasteiger partial charge in [-0.05, 0) is 73.5 Å². The average Bonchev–Trinajstić information content (AvgIpc) is 2.62. The highest BCUT2D eigenvalue weighted by Crippen LogP contribution is 2.65. The second-order valence-corrected chi connectivity index (χ2v) is 10.8. The molecule has 5 nitrogen and oxygen atoms in total. The van der Waals surface area contributed by atoms with Crippen LogP contribution in [0.5, 0.6) is 5.75 Å². The van der Waals surface area contributed by atoms with E-state index in [0.717, 1.165) is 42.4 Å². The van der Waals surface area contributed by atoms with Crippen molar-refractivity contribution in [2.24, 2.45) is 17.3 Å². The van der Waals surface area contributed by atoms with Crippen LogP contribution in [0, 0.1) is 17.3 Å². The molecule has 1 N–H and O–H groups in total. The first kappa shape index (κ1) is 19.7. The molecule has 2 atom stereocenters. The van der Waals surface area contributed by atoms with Crippen LogP contribution in [0.15, 0.2) is 24.3 Å². The first-order chi connectivity index (χ1) is 13.4. The van der Waals surface area contributed by atoms with Gasteiger partial charge in [-0.25, -0.2) is 0 Å². The molecule has 0 aliphatic heterocycles. The molecule has 0 saturated heterocycles. The number of hydrogen-bond acceptors (Lipinski definition) is 4. The van der Waals surface area contributed by atoms with Gasteiger partial charge in [0.15, 0.2) is 6.61 Å². The van der Waals surface area contributed by atoms with Crippen LogP contribution in [0.25, 0.3) is 0 Å². The standard InChI is InChI=1S/C22H28BrNO4/c1-27-18-4-2-15(3-5-18)12-24-19(25)13-28-20(26)11-21-7-16-6-17(8-21)10-22(23,9-16)14-21/h2-5,16-17H,6-14H2,1H3,(H,24,25)/t16-,17-,21?,22?/m1/s1. The first-order valence-electron chi connectivity index (χ1n) is 10.1. The predicted molar refractivity (Wildman–Crippen MR) is 109 cm³/mol. The number of alkyl halides is 1. The number of carbonyl (C=O) groups excluding carboxylic acids is 2. The summed E-state index contributed by atoms with van der Waals surface area (Å²) in [6.07, 6.45) is 7.58. The molecule has 1 aromatic carbocycles. The summed E-state index contributed by atoms with van der Waals surface area (Å²) in [5.74, 6) is 1.74. The number of halogens is 1. The lowest BCUT2D eigenvalue weighted by atomic mass is 9.49. The molecule has 0 aromatic heterocycles. The molecule has 1 amide bonds. The minimum atomic E-state index is -0.272. The van der Waals surface area contributed by atoms with E-state index < -0.39 is 0 Å². The van der Waals surface area contributed by atoms with Gasteiger partial charge in [-0.15, -0.1) is 0 Å². The van der Waals surface area contributed by atoms with E-state index in [1.54, 1.807) is 7.11 Å². The molecule has 0 heterocycles. The minimum absolute atomic E-state index is 0.0736. The van der Waals surface area contributed by atoms with Gasteiger partial charge in [0.05, 0.1) is 13.5 Å². The zero-order valence-electron chi connectivity index (χ0n) is 16.3. The molecular weight excluding hydrogens is 422 g/mol. The second-order valence-electron chi connectivity index (χ2n) is 9.07. The Labute approximate surface area is 174 Å². The third-order valence-electron chi connectivity index (χ3n) is 6.64. The van der Waals surface area contributed by atoms with E-state index in [2.05, 4.69) is 21.2 Å². The second kappa shape index (κ2) is 7.69. The lowest BCUT2D eigenvalue weighted by Gasteiger charge is -2.60. The van der Waals surface area contributed by atoms with Crippen molar-refractivity contribution < 1.29 is 19.1 Å². The number of amides is 1. The molecule has 0 unspecified atom stereocenters. The fourth-order valence-electron chi connectivity index (χ4n) is 6.04. The highest BCUT2D eigenvalue weighted by Gasteiger charge is 2.57. The molecule has 5 rings (SSSR count). The summed E-state index contributed by atoms with van der Waals surface area (Å²) in [5, 5.41) is 2.79. The van der Waals surface area contributed by atoms with E-state index in [0.29, 0.717) is 13.0 Å². The monoisotopic (exact) mass is 449 g/mol. The van der Waals surface area contributed by atoms with Gasteiger partial charge in [-0.1, -0.05) is 28.1 Å². The minimum Gasteiger partial charge on any atom is -0.497 e. The Kier molecular flexibility index (Phi) is 5.43. The number of esters is 1. The molecule has 4 bridgehead atoms. The van der Waals surface area contributed by atoms with Crippen molar-refractivity contribution in [1.82, 2.24) is 5.32 Å². The third kappa shape index (κ3) is 4.37. The SMILES string of the molecule is COc1ccc(CNC(=O)COC(=O)CC23C[C@H]4C[C@@H](CC(Br)(C4)C2)C3)cc1. The highest BCUT2D eigenvalue weighted by molar-refractivity contribution is 9.10. The Morgan fingerprint density at radius 2 is 1.82 bits per heavy atom. The maximum Gasteiger partial charge on any atom is 0.306 e. The molecule has 4 aliphatic carbocycles. The van der Waals surface area contributed by atoms with Crippen LogP contribution in [0.1, 0.15) is 50.5 Å². The maximum absolute atomic E-state index is 12.4. The van der Waals surface area contributed by atoms with Crippen LogP contribution in [0.4, 0.5) is 0 Å². The molecule has 152 valence electrons. The van der Waals surface area contributed by atoms with Crippen LogP contribution in [0.2, 0.25) is 0 Å². The number of rotatable bonds is 7. The Balaban J connectivity index is 1.22. The zero-order valence-corrected chi connectivity index (χ0v) is 17.9. The van der Waals surface area contributed by atoms with Crippen LogP contribution in [-0.4, -0.2) is 29.9 Å². The van der Waals surface area contributed by atoms with E-state index in [1.165, 1.54) is 19.3 Å². The lowest BCUT2D eigenvalue weighted by molar-refractivity contribution is -0.154. The van der Waals surface area contributed by atoms with Gasteiger partial charge < -0.3 is 14.8 Å². The van der Waals surface area contributed by atoms with Crippen molar-refractivity contribution in [2.45, 2.75) is 55.8 Å². The van der Waals surface area contributed by atoms with Gasteiger partial charge in [0.2, 0.25) is 0 Å². The number of methoxy groups -OCH3 is 1. The molecule has 4 aliphatic rings. The normalized spacial score (nSPS) is 32.8. The van der Waals surface area contributed by atoms with Gasteiger partial charge in [0.25, 0.3) is 5.91 Å². The molecule has 6 heteroatoms. The average molecular weight is 450 g/mol. The molecule has 28 heavy (non-hydrogen) atoms. The van der Waals surface area contributed by atoms with E-state index in [-0.39, 0.29) is 28.2 Å². The summed E-state index contributed by atoms with van der Waals surface area (Å²) >= 11 is 3.97. The van der Waals surface area contributed by atoms with E-state index >= 15 is 0 Å². The van der Waals surface area contributed by atoms with Crippen LogP contribution >= 0.6 is 15.9 Å². The quantitative estimate of drug-likeness (QED) is 0.504. The van der Waals surface area contributed by atoms with E-state index in [4.69, 9.17) is 9.47 Å². The number of hydrogen-bond donors (Lipinski definition) is 1. The summed E-state index contributed by atoms with van der Waals surface area (Å²) < 4.78 is 10.7. The van der Waals surface area contributed by atoms with Crippen molar-refractivity contribution in [2.75, 3.05) is 13.7 Å². The lowest BCUT2D eigenvalue weighted by Crippen LogP contribution is -2.53. The number of nitrogens with one attached hydrogen (secondary N) is 1. The first-order valence-corrected chi connectivity index (χ1v) is 10.9. The van der Waals surface area contributed by atoms with Crippen molar-refractivity contribution in [3.63, 3.8) is 0 Å². The summed E-state index contributed by atoms with van der Waals surface area (Å²) in [6, 6.07) is 7.50. The molecule has 0 radical (unpaired) electrons. The Morgan fingerprint density at radius 3 is 2.43 bits per heavy atom. The highest BCUT2D eigenvalue weighted by atomic mass is 79.9. The van der Waals surface area contributed by atoms with Crippen molar-refractivity contribution >= 4 is 27.8 Å². The largest absolute Gasteiger partial charge is 0.497 e. The summed E-state index contributed by atoms with van der Waals surface area (Å²) in [7, 11) is 1.62. The van der Waals surface area contributed by atoms with Crippen LogP contribution < -0.4 is 10.1 Å². The third-order valence-corrected chi connectivity index (χ3v) is 7.57. The fourth-order valence-corrected chi connectivity index (χ4v) is 7.55. The van der Waals surface area contributed by atoms with Gasteiger partial charge in [0, 0.05) is 10.9 Å². The molecule has 0 spiro atoms. The smallest absolute Gasteiger partial charge is 0.306 e. The van der Waals surface area contributed by atoms with Crippen molar-refractivity contribution in [3.8, 4) is 5.75 Å². The van der Waals surface area contributed by atoms with E-state index in [1.807, 2.05) is 24.3 Å². The number of carbonyl (C=O) groups is 2. The summed E-state index contributed by atoms with van der Waals surface area (Å²) in [5.41, 5.74) is 1.04. The summed E-state index contributed by atoms with van der Waals surface area (Å²) in [6.45, 7) is 0.192. The van der Waals surface area contributed by atoms with Crippen LogP contribution in [0.3, 0.4) is 0 Å². The van der Waals surface area contributed by atoms with Crippen molar-refractivity contribution in [1.29, 1.82) is 0 Å². The molecular formula is C22H28BrNO4. The molecule has 4 fully saturated rings. The number of ether oxygens (including phenoxy) is 2. The molecule has 1 aromatic rings. The Hall–Kier alpha value is -1.56. The van der Waals surface area contributed by atoms with Crippen LogP contribution in [-0.2, 0) is 20.9 Å². The topological polar surface area (TPSA) is 64.6 Å². The zero-order chi connectivity index (χ0) is 19.8. The van der Waals surface area contributed by atoms with Gasteiger partial charge in [-0.3, -0.25) is 9.59 Å². The van der Waals surface area contributed by atoms with Crippen molar-refractivity contribution in [3.05, 3.63) is 29.8 Å². The Bertz CT molecular complexity index is 733. The molecule has 4 saturated carbocycles. The van der Waals surface area contributed by atoms with Gasteiger partial charge >= 0.3 is 5.97 Å². The summed E-state index contributed by atoms with van der Waals surface area (Å²) in [4.78, 5) is 24.5. The van der Waals surface area contributed by atoms with E-state index in [9.17, 15) is 9.59 Å². The van der Waals surface area contributed by atoms with Gasteiger partial charge in [-0.2, -0.15) is 0 Å². The Morgan fingerprint density at radius 1 is 1.14 bits per heavy atom. The fraction of sp³-hybridized carbons (Fsp3) is 0.636. The van der Waals surface area contributed by atoms with Gasteiger partial charge in [0.1, 0.15) is 5.75 Å². The maximum atomic E-state index is 12.4.